The Balaban J connectivity index is 2.62. The molecule has 0 aliphatic rings. The van der Waals surface area contributed by atoms with Gasteiger partial charge in [0.05, 0.1) is 6.10 Å². The summed E-state index contributed by atoms with van der Waals surface area (Å²) in [7, 11) is 1.72. The summed E-state index contributed by atoms with van der Waals surface area (Å²) in [5.74, 6) is 0.916. The predicted molar refractivity (Wildman–Crippen MR) is 75.9 cm³/mol. The van der Waals surface area contributed by atoms with Gasteiger partial charge in [0.25, 0.3) is 0 Å². The van der Waals surface area contributed by atoms with E-state index in [4.69, 9.17) is 4.74 Å². The summed E-state index contributed by atoms with van der Waals surface area (Å²) in [5, 5.41) is 6.71. The number of nitrogens with one attached hydrogen (secondary N) is 2. The number of methoxy groups -OCH3 is 1. The van der Waals surface area contributed by atoms with Crippen LogP contribution in [0.4, 0.5) is 5.82 Å². The zero-order valence-electron chi connectivity index (χ0n) is 12.1. The summed E-state index contributed by atoms with van der Waals surface area (Å²) < 4.78 is 5.21. The lowest BCUT2D eigenvalue weighted by Gasteiger charge is -2.14. The fraction of sp³-hybridized carbons (Fsp3) is 0.643. The number of hydrogen-bond acceptors (Lipinski definition) is 4. The standard InChI is InChI=1S/C14H25N3O/c1-10(2)15-9-13-6-11(3)17-14(7-13)16-8-12(4)18-5/h6-7,10,12,15H,8-9H2,1-5H3,(H,16,17). The molecule has 102 valence electrons. The molecule has 0 spiro atoms. The van der Waals surface area contributed by atoms with Crippen LogP contribution >= 0.6 is 0 Å². The zero-order chi connectivity index (χ0) is 13.5. The van der Waals surface area contributed by atoms with E-state index in [9.17, 15) is 0 Å². The van der Waals surface area contributed by atoms with Crippen LogP contribution in [0.3, 0.4) is 0 Å². The zero-order valence-corrected chi connectivity index (χ0v) is 12.1. The summed E-state index contributed by atoms with van der Waals surface area (Å²) in [6.07, 6.45) is 0.185. The summed E-state index contributed by atoms with van der Waals surface area (Å²) in [6.45, 7) is 9.98. The first-order valence-corrected chi connectivity index (χ1v) is 6.49. The second-order valence-electron chi connectivity index (χ2n) is 4.96. The van der Waals surface area contributed by atoms with E-state index in [1.165, 1.54) is 5.56 Å². The van der Waals surface area contributed by atoms with Gasteiger partial charge in [-0.2, -0.15) is 0 Å². The predicted octanol–water partition coefficient (Wildman–Crippen LogP) is 2.33. The van der Waals surface area contributed by atoms with Crippen LogP contribution in [0.5, 0.6) is 0 Å². The summed E-state index contributed by atoms with van der Waals surface area (Å²) in [4.78, 5) is 4.47. The molecule has 0 amide bonds. The normalized spacial score (nSPS) is 12.8. The Morgan fingerprint density at radius 3 is 2.61 bits per heavy atom. The molecule has 1 aromatic rings. The second kappa shape index (κ2) is 7.34. The van der Waals surface area contributed by atoms with E-state index >= 15 is 0 Å². The van der Waals surface area contributed by atoms with Gasteiger partial charge in [-0.25, -0.2) is 4.98 Å². The smallest absolute Gasteiger partial charge is 0.126 e. The highest BCUT2D eigenvalue weighted by atomic mass is 16.5. The van der Waals surface area contributed by atoms with Gasteiger partial charge in [0.1, 0.15) is 5.82 Å². The molecule has 0 aromatic carbocycles. The number of anilines is 1. The molecular weight excluding hydrogens is 226 g/mol. The Kier molecular flexibility index (Phi) is 6.09. The van der Waals surface area contributed by atoms with Crippen molar-refractivity contribution in [2.24, 2.45) is 0 Å². The largest absolute Gasteiger partial charge is 0.380 e. The van der Waals surface area contributed by atoms with Gasteiger partial charge in [-0.05, 0) is 31.5 Å². The van der Waals surface area contributed by atoms with Crippen molar-refractivity contribution in [1.29, 1.82) is 0 Å². The maximum atomic E-state index is 5.21. The molecule has 1 unspecified atom stereocenters. The maximum Gasteiger partial charge on any atom is 0.126 e. The van der Waals surface area contributed by atoms with Gasteiger partial charge >= 0.3 is 0 Å². The highest BCUT2D eigenvalue weighted by molar-refractivity contribution is 5.39. The highest BCUT2D eigenvalue weighted by Gasteiger charge is 2.03. The summed E-state index contributed by atoms with van der Waals surface area (Å²) >= 11 is 0. The second-order valence-corrected chi connectivity index (χ2v) is 4.96. The molecule has 18 heavy (non-hydrogen) atoms. The van der Waals surface area contributed by atoms with Gasteiger partial charge in [-0.1, -0.05) is 13.8 Å². The molecule has 0 radical (unpaired) electrons. The number of pyridine rings is 1. The van der Waals surface area contributed by atoms with Crippen molar-refractivity contribution in [3.05, 3.63) is 23.4 Å². The Bertz CT molecular complexity index is 366. The van der Waals surface area contributed by atoms with Crippen molar-refractivity contribution in [1.82, 2.24) is 10.3 Å². The van der Waals surface area contributed by atoms with Crippen LogP contribution in [-0.2, 0) is 11.3 Å². The van der Waals surface area contributed by atoms with Gasteiger partial charge in [0, 0.05) is 31.9 Å². The minimum Gasteiger partial charge on any atom is -0.380 e. The third-order valence-corrected chi connectivity index (χ3v) is 2.70. The number of aromatic nitrogens is 1. The van der Waals surface area contributed by atoms with Crippen molar-refractivity contribution in [2.75, 3.05) is 19.0 Å². The first kappa shape index (κ1) is 14.9. The Hall–Kier alpha value is -1.13. The van der Waals surface area contributed by atoms with Gasteiger partial charge in [0.15, 0.2) is 0 Å². The van der Waals surface area contributed by atoms with Gasteiger partial charge in [0.2, 0.25) is 0 Å². The molecule has 4 nitrogen and oxygen atoms in total. The Morgan fingerprint density at radius 2 is 2.00 bits per heavy atom. The fourth-order valence-corrected chi connectivity index (χ4v) is 1.59. The van der Waals surface area contributed by atoms with Crippen LogP contribution in [0.1, 0.15) is 32.0 Å². The molecular formula is C14H25N3O. The SMILES string of the molecule is COC(C)CNc1cc(CNC(C)C)cc(C)n1. The van der Waals surface area contributed by atoms with E-state index in [0.717, 1.165) is 24.6 Å². The van der Waals surface area contributed by atoms with E-state index < -0.39 is 0 Å². The van der Waals surface area contributed by atoms with E-state index in [0.29, 0.717) is 6.04 Å². The maximum absolute atomic E-state index is 5.21. The van der Waals surface area contributed by atoms with Crippen molar-refractivity contribution < 1.29 is 4.74 Å². The van der Waals surface area contributed by atoms with Crippen LogP contribution in [0.15, 0.2) is 12.1 Å². The topological polar surface area (TPSA) is 46.2 Å². The molecule has 1 aromatic heterocycles. The summed E-state index contributed by atoms with van der Waals surface area (Å²) in [6, 6.07) is 4.69. The van der Waals surface area contributed by atoms with E-state index in [1.807, 2.05) is 13.8 Å². The third-order valence-electron chi connectivity index (χ3n) is 2.70. The highest BCUT2D eigenvalue weighted by Crippen LogP contribution is 2.10. The molecule has 1 rings (SSSR count). The third kappa shape index (κ3) is 5.47. The molecule has 0 aliphatic heterocycles. The first-order valence-electron chi connectivity index (χ1n) is 6.49. The van der Waals surface area contributed by atoms with Gasteiger partial charge < -0.3 is 15.4 Å². The lowest BCUT2D eigenvalue weighted by molar-refractivity contribution is 0.128. The van der Waals surface area contributed by atoms with E-state index in [1.54, 1.807) is 7.11 Å². The molecule has 1 heterocycles. The monoisotopic (exact) mass is 251 g/mol. The van der Waals surface area contributed by atoms with Crippen molar-refractivity contribution in [2.45, 2.75) is 46.4 Å². The Morgan fingerprint density at radius 1 is 1.28 bits per heavy atom. The minimum atomic E-state index is 0.185. The number of ether oxygens (including phenoxy) is 1. The molecule has 0 saturated carbocycles. The van der Waals surface area contributed by atoms with E-state index in [2.05, 4.69) is 41.6 Å². The number of aryl methyl sites for hydroxylation is 1. The fourth-order valence-electron chi connectivity index (χ4n) is 1.59. The molecule has 0 saturated heterocycles. The average Bonchev–Trinajstić information content (AvgIpc) is 2.33. The minimum absolute atomic E-state index is 0.185. The van der Waals surface area contributed by atoms with Crippen LogP contribution in [0, 0.1) is 6.92 Å². The molecule has 0 aliphatic carbocycles. The number of rotatable bonds is 7. The van der Waals surface area contributed by atoms with Gasteiger partial charge in [-0.3, -0.25) is 0 Å². The van der Waals surface area contributed by atoms with Crippen molar-refractivity contribution in [3.8, 4) is 0 Å². The Labute approximate surface area is 110 Å². The molecule has 0 fully saturated rings. The molecule has 4 heteroatoms. The summed E-state index contributed by atoms with van der Waals surface area (Å²) in [5.41, 5.74) is 2.29. The van der Waals surface area contributed by atoms with Crippen molar-refractivity contribution in [3.63, 3.8) is 0 Å². The number of nitrogens with zero attached hydrogens (tertiary/aromatic N) is 1. The van der Waals surface area contributed by atoms with Crippen molar-refractivity contribution >= 4 is 5.82 Å². The molecule has 2 N–H and O–H groups in total. The lowest BCUT2D eigenvalue weighted by atomic mass is 10.2. The first-order chi connectivity index (χ1) is 8.51. The van der Waals surface area contributed by atoms with Gasteiger partial charge in [-0.15, -0.1) is 0 Å². The van der Waals surface area contributed by atoms with E-state index in [-0.39, 0.29) is 6.10 Å². The number of hydrogen-bond donors (Lipinski definition) is 2. The quantitative estimate of drug-likeness (QED) is 0.781. The van der Waals surface area contributed by atoms with Crippen LogP contribution in [0.2, 0.25) is 0 Å². The molecule has 1 atom stereocenters. The van der Waals surface area contributed by atoms with Crippen LogP contribution < -0.4 is 10.6 Å². The lowest BCUT2D eigenvalue weighted by Crippen LogP contribution is -2.22. The van der Waals surface area contributed by atoms with Crippen LogP contribution in [-0.4, -0.2) is 30.8 Å². The van der Waals surface area contributed by atoms with Crippen LogP contribution in [0.25, 0.3) is 0 Å². The average molecular weight is 251 g/mol. The molecule has 0 bridgehead atoms.